The predicted octanol–water partition coefficient (Wildman–Crippen LogP) is 0.899. The Labute approximate surface area is 56.0 Å². The molecule has 0 aromatic heterocycles. The van der Waals surface area contributed by atoms with Crippen molar-refractivity contribution in [1.29, 1.82) is 0 Å². The molecule has 0 aromatic rings. The lowest BCUT2D eigenvalue weighted by molar-refractivity contribution is 0.686. The molecule has 44 valence electrons. The van der Waals surface area contributed by atoms with E-state index < -0.39 is 20.7 Å². The van der Waals surface area contributed by atoms with Crippen LogP contribution in [0.5, 0.6) is 0 Å². The van der Waals surface area contributed by atoms with Crippen molar-refractivity contribution >= 4 is 28.6 Å². The average molecular weight is 226 g/mol. The number of amidine groups is 1. The van der Waals surface area contributed by atoms with Gasteiger partial charge in [-0.05, 0) is 20.7 Å². The van der Waals surface area contributed by atoms with Crippen LogP contribution < -0.4 is 5.73 Å². The number of hydrogen-bond donors (Lipinski definition) is 1. The number of rotatable bonds is 0. The molecule has 0 aromatic carbocycles. The summed E-state index contributed by atoms with van der Waals surface area (Å²) in [6.07, 6.45) is 1.14. The van der Waals surface area contributed by atoms with Gasteiger partial charge in [0.15, 0.2) is 3.84 Å². The largest absolute Gasteiger partial charge is 0.379 e. The minimum atomic E-state index is -0.429. The maximum atomic E-state index is 12.0. The first-order valence-electron chi connectivity index (χ1n) is 1.94. The molecule has 1 aliphatic heterocycles. The minimum Gasteiger partial charge on any atom is -0.379 e. The van der Waals surface area contributed by atoms with Gasteiger partial charge >= 0.3 is 0 Å². The van der Waals surface area contributed by atoms with Crippen molar-refractivity contribution in [3.8, 4) is 0 Å². The van der Waals surface area contributed by atoms with Crippen LogP contribution in [0.25, 0.3) is 0 Å². The molecule has 0 spiro atoms. The molecule has 0 bridgehead atoms. The summed E-state index contributed by atoms with van der Waals surface area (Å²) in [7, 11) is 0. The van der Waals surface area contributed by atoms with Gasteiger partial charge in [-0.25, -0.2) is 9.38 Å². The molecule has 1 aliphatic rings. The van der Waals surface area contributed by atoms with Crippen LogP contribution >= 0.6 is 20.7 Å². The fourth-order valence-electron chi connectivity index (χ4n) is 0.288. The molecule has 8 heavy (non-hydrogen) atoms. The molecule has 0 fully saturated rings. The smallest absolute Gasteiger partial charge is 0.156 e. The molecule has 4 heteroatoms. The SMILES string of the molecule is NC1=NC=C(F)C=I1. The highest BCUT2D eigenvalue weighted by Crippen LogP contribution is 2.07. The summed E-state index contributed by atoms with van der Waals surface area (Å²) in [5.74, 6) is -0.257. The van der Waals surface area contributed by atoms with Crippen LogP contribution in [0.1, 0.15) is 0 Å². The first-order chi connectivity index (χ1) is 3.79. The Balaban J connectivity index is 2.86. The van der Waals surface area contributed by atoms with E-state index in [0.717, 1.165) is 6.20 Å². The van der Waals surface area contributed by atoms with Gasteiger partial charge in [0, 0.05) is 4.01 Å². The molecule has 0 aliphatic carbocycles. The second-order valence-corrected chi connectivity index (χ2v) is 3.53. The number of aliphatic imine (C=N–C) groups is 1. The van der Waals surface area contributed by atoms with Gasteiger partial charge in [0.2, 0.25) is 0 Å². The van der Waals surface area contributed by atoms with Crippen LogP contribution in [0.2, 0.25) is 0 Å². The lowest BCUT2D eigenvalue weighted by Crippen LogP contribution is -2.03. The highest BCUT2D eigenvalue weighted by Gasteiger charge is 1.93. The Morgan fingerprint density at radius 2 is 2.50 bits per heavy atom. The normalized spacial score (nSPS) is 18.6. The highest BCUT2D eigenvalue weighted by atomic mass is 127. The third-order valence-corrected chi connectivity index (χ3v) is 2.40. The topological polar surface area (TPSA) is 38.4 Å². The molecule has 0 atom stereocenters. The third-order valence-electron chi connectivity index (χ3n) is 0.582. The molecule has 0 radical (unpaired) electrons. The molecule has 0 amide bonds. The van der Waals surface area contributed by atoms with E-state index in [9.17, 15) is 4.39 Å². The Hall–Kier alpha value is -0.260. The van der Waals surface area contributed by atoms with E-state index in [1.54, 1.807) is 0 Å². The molecule has 0 unspecified atom stereocenters. The zero-order valence-corrected chi connectivity index (χ0v) is 6.09. The van der Waals surface area contributed by atoms with Crippen molar-refractivity contribution in [2.45, 2.75) is 0 Å². The third kappa shape index (κ3) is 1.36. The molecule has 1 rings (SSSR count). The van der Waals surface area contributed by atoms with Gasteiger partial charge in [0.25, 0.3) is 0 Å². The lowest BCUT2D eigenvalue weighted by Gasteiger charge is -1.91. The van der Waals surface area contributed by atoms with Crippen LogP contribution in [0.3, 0.4) is 0 Å². The van der Waals surface area contributed by atoms with Gasteiger partial charge in [-0.1, -0.05) is 0 Å². The molecule has 0 saturated carbocycles. The van der Waals surface area contributed by atoms with Gasteiger partial charge < -0.3 is 5.73 Å². The van der Waals surface area contributed by atoms with E-state index >= 15 is 0 Å². The van der Waals surface area contributed by atoms with E-state index in [1.165, 1.54) is 4.01 Å². The summed E-state index contributed by atoms with van der Waals surface area (Å²) in [6, 6.07) is 0. The summed E-state index contributed by atoms with van der Waals surface area (Å²) in [6.45, 7) is 0. The number of allylic oxidation sites excluding steroid dienone is 1. The zero-order chi connectivity index (χ0) is 5.98. The van der Waals surface area contributed by atoms with Crippen LogP contribution in [0.4, 0.5) is 4.39 Å². The maximum Gasteiger partial charge on any atom is 0.156 e. The van der Waals surface area contributed by atoms with Crippen molar-refractivity contribution in [2.75, 3.05) is 0 Å². The Bertz CT molecular complexity index is 162. The second-order valence-electron chi connectivity index (χ2n) is 1.18. The summed E-state index contributed by atoms with van der Waals surface area (Å²) in [4.78, 5) is 3.59. The summed E-state index contributed by atoms with van der Waals surface area (Å²) in [5, 5.41) is 0. The second kappa shape index (κ2) is 2.34. The van der Waals surface area contributed by atoms with Crippen molar-refractivity contribution in [3.05, 3.63) is 12.0 Å². The van der Waals surface area contributed by atoms with Crippen molar-refractivity contribution in [3.63, 3.8) is 0 Å². The van der Waals surface area contributed by atoms with E-state index in [-0.39, 0.29) is 5.83 Å². The molecular formula is C4H4FIN2. The molecule has 2 N–H and O–H groups in total. The van der Waals surface area contributed by atoms with E-state index in [0.29, 0.717) is 3.84 Å². The van der Waals surface area contributed by atoms with E-state index in [2.05, 4.69) is 4.99 Å². The lowest BCUT2D eigenvalue weighted by atomic mass is 10.7. The van der Waals surface area contributed by atoms with Crippen molar-refractivity contribution in [2.24, 2.45) is 10.7 Å². The Morgan fingerprint density at radius 1 is 1.75 bits per heavy atom. The van der Waals surface area contributed by atoms with E-state index in [1.807, 2.05) is 0 Å². The predicted molar refractivity (Wildman–Crippen MR) is 40.9 cm³/mol. The summed E-state index contributed by atoms with van der Waals surface area (Å²) < 4.78 is 14.1. The number of hydrogen-bond acceptors (Lipinski definition) is 2. The average Bonchev–Trinajstić information content (AvgIpc) is 1.77. The fraction of sp³-hybridized carbons (Fsp3) is 0. The minimum absolute atomic E-state index is 0.257. The molecule has 2 nitrogen and oxygen atoms in total. The number of halogens is 2. The number of nitrogens with zero attached hydrogens (tertiary/aromatic N) is 1. The van der Waals surface area contributed by atoms with E-state index in [4.69, 9.17) is 5.73 Å². The Morgan fingerprint density at radius 3 is 2.88 bits per heavy atom. The maximum absolute atomic E-state index is 12.0. The van der Waals surface area contributed by atoms with Gasteiger partial charge in [-0.2, -0.15) is 0 Å². The van der Waals surface area contributed by atoms with Gasteiger partial charge in [0.1, 0.15) is 5.83 Å². The Kier molecular flexibility index (Phi) is 1.72. The fourth-order valence-corrected chi connectivity index (χ4v) is 1.37. The number of nitrogens with two attached hydrogens (primary N) is 1. The molecule has 0 saturated heterocycles. The standard InChI is InChI=1S/C4H4FIN2/c5-3-1-6-4(7)8-2-3/h1-2H,(H2,7,8). The van der Waals surface area contributed by atoms with Gasteiger partial charge in [-0.15, -0.1) is 0 Å². The first kappa shape index (κ1) is 5.87. The molecular weight excluding hydrogens is 222 g/mol. The van der Waals surface area contributed by atoms with Crippen LogP contribution in [0.15, 0.2) is 17.0 Å². The van der Waals surface area contributed by atoms with Crippen molar-refractivity contribution < 1.29 is 4.39 Å². The van der Waals surface area contributed by atoms with Crippen molar-refractivity contribution in [1.82, 2.24) is 0 Å². The molecule has 1 heterocycles. The summed E-state index contributed by atoms with van der Waals surface area (Å²) in [5.41, 5.74) is 5.25. The van der Waals surface area contributed by atoms with Gasteiger partial charge in [-0.3, -0.25) is 0 Å². The van der Waals surface area contributed by atoms with Crippen LogP contribution in [-0.4, -0.2) is 7.85 Å². The zero-order valence-electron chi connectivity index (χ0n) is 3.94. The van der Waals surface area contributed by atoms with Gasteiger partial charge in [0.05, 0.1) is 6.20 Å². The quantitative estimate of drug-likeness (QED) is 0.483. The van der Waals surface area contributed by atoms with Crippen LogP contribution in [0, 0.1) is 0 Å². The summed E-state index contributed by atoms with van der Waals surface area (Å²) >= 11 is -0.429. The monoisotopic (exact) mass is 226 g/mol. The first-order valence-corrected chi connectivity index (χ1v) is 4.27. The van der Waals surface area contributed by atoms with Crippen LogP contribution in [-0.2, 0) is 0 Å². The highest BCUT2D eigenvalue weighted by molar-refractivity contribution is 14.2.